The Kier molecular flexibility index (Phi) is 7.71. The van der Waals surface area contributed by atoms with Crippen LogP contribution < -0.4 is 20.9 Å². The maximum absolute atomic E-state index is 12.9. The van der Waals surface area contributed by atoms with Crippen LogP contribution in [0.3, 0.4) is 0 Å². The molecule has 0 saturated carbocycles. The van der Waals surface area contributed by atoms with Crippen molar-refractivity contribution in [3.63, 3.8) is 0 Å². The molecule has 2 aromatic carbocycles. The van der Waals surface area contributed by atoms with E-state index in [1.807, 2.05) is 35.8 Å². The first-order valence-electron chi connectivity index (χ1n) is 12.0. The second-order valence-electron chi connectivity index (χ2n) is 8.95. The number of rotatable bonds is 10. The molecule has 0 unspecified atom stereocenters. The summed E-state index contributed by atoms with van der Waals surface area (Å²) in [4.78, 5) is 6.94. The topological polar surface area (TPSA) is 120 Å². The molecule has 0 atom stereocenters. The second kappa shape index (κ2) is 11.2. The smallest absolute Gasteiger partial charge is 0.206 e. The number of nitrogens with one attached hydrogen (secondary N) is 3. The monoisotopic (exact) mass is 581 g/mol. The van der Waals surface area contributed by atoms with Gasteiger partial charge in [0.25, 0.3) is 0 Å². The standard InChI is InChI=1S/C27H27N5O4S3/c1-38(33,34)14-12-28-17-26-30-18-27(37-26)32-13-11-20-15-29-16-25(24(20)19-32)31-21-7-9-23(10-8-21)39(35,36)22-5-3-2-4-6-22/h2-11,13,15-16,18-19,28-29,31H,12,14,17H2,1H3. The molecule has 39 heavy (non-hydrogen) atoms. The van der Waals surface area contributed by atoms with E-state index < -0.39 is 19.7 Å². The van der Waals surface area contributed by atoms with Crippen LogP contribution in [0.15, 0.2) is 118 Å². The molecular weight excluding hydrogens is 555 g/mol. The zero-order valence-corrected chi connectivity index (χ0v) is 23.5. The molecular formula is C27H27N5O4S3. The van der Waals surface area contributed by atoms with Gasteiger partial charge < -0.3 is 20.9 Å². The van der Waals surface area contributed by atoms with Gasteiger partial charge in [-0.15, -0.1) is 0 Å². The molecule has 3 aromatic rings. The lowest BCUT2D eigenvalue weighted by Gasteiger charge is -2.26. The third-order valence-corrected chi connectivity index (χ3v) is 9.71. The van der Waals surface area contributed by atoms with Crippen LogP contribution in [0.25, 0.3) is 0 Å². The molecule has 0 radical (unpaired) electrons. The first kappa shape index (κ1) is 26.9. The molecule has 1 aromatic heterocycles. The summed E-state index contributed by atoms with van der Waals surface area (Å²) in [6.45, 7) is 0.869. The number of nitrogens with zero attached hydrogens (tertiary/aromatic N) is 2. The molecule has 0 saturated heterocycles. The van der Waals surface area contributed by atoms with Crippen LogP contribution in [0.2, 0.25) is 0 Å². The van der Waals surface area contributed by atoms with Crippen LogP contribution in [0.1, 0.15) is 5.01 Å². The van der Waals surface area contributed by atoms with Gasteiger partial charge in [-0.3, -0.25) is 0 Å². The lowest BCUT2D eigenvalue weighted by molar-refractivity contribution is 0.594. The van der Waals surface area contributed by atoms with Crippen molar-refractivity contribution < 1.29 is 16.8 Å². The van der Waals surface area contributed by atoms with Crippen LogP contribution in [-0.2, 0) is 26.2 Å². The molecule has 2 aliphatic rings. The maximum Gasteiger partial charge on any atom is 0.206 e. The van der Waals surface area contributed by atoms with E-state index in [9.17, 15) is 16.8 Å². The molecule has 3 N–H and O–H groups in total. The SMILES string of the molecule is CS(=O)(=O)CCNCc1ncc(N2C=CC3=CNC=C(Nc4ccc(S(=O)(=O)c5ccccc5)cc4)C3=C2)s1. The van der Waals surface area contributed by atoms with E-state index in [1.165, 1.54) is 17.6 Å². The fourth-order valence-corrected chi connectivity index (χ4v) is 6.60. The number of aromatic nitrogens is 1. The number of sulfone groups is 2. The van der Waals surface area contributed by atoms with Crippen LogP contribution in [0.4, 0.5) is 10.7 Å². The highest BCUT2D eigenvalue weighted by Gasteiger charge is 2.21. The normalized spacial score (nSPS) is 15.1. The molecule has 9 nitrogen and oxygen atoms in total. The molecule has 12 heteroatoms. The summed E-state index contributed by atoms with van der Waals surface area (Å²) in [5.74, 6) is 0.0863. The number of hydrogen-bond acceptors (Lipinski definition) is 10. The number of anilines is 2. The Balaban J connectivity index is 1.27. The van der Waals surface area contributed by atoms with E-state index in [1.54, 1.807) is 60.8 Å². The molecule has 5 rings (SSSR count). The quantitative estimate of drug-likeness (QED) is 0.307. The van der Waals surface area contributed by atoms with E-state index >= 15 is 0 Å². The summed E-state index contributed by atoms with van der Waals surface area (Å²) >= 11 is 1.52. The summed E-state index contributed by atoms with van der Waals surface area (Å²) in [6.07, 6.45) is 12.7. The third kappa shape index (κ3) is 6.48. The van der Waals surface area contributed by atoms with Gasteiger partial charge in [-0.25, -0.2) is 21.8 Å². The molecule has 202 valence electrons. The predicted octanol–water partition coefficient (Wildman–Crippen LogP) is 3.77. The van der Waals surface area contributed by atoms with Crippen LogP contribution in [0, 0.1) is 0 Å². The molecule has 2 aliphatic heterocycles. The number of allylic oxidation sites excluding steroid dienone is 2. The first-order chi connectivity index (χ1) is 18.7. The Morgan fingerprint density at radius 2 is 1.72 bits per heavy atom. The average molecular weight is 582 g/mol. The number of fused-ring (bicyclic) bond motifs is 1. The highest BCUT2D eigenvalue weighted by atomic mass is 32.2. The van der Waals surface area contributed by atoms with Gasteiger partial charge in [-0.05, 0) is 42.5 Å². The van der Waals surface area contributed by atoms with Gasteiger partial charge in [0.1, 0.15) is 19.8 Å². The van der Waals surface area contributed by atoms with Crippen molar-refractivity contribution in [2.75, 3.05) is 28.8 Å². The van der Waals surface area contributed by atoms with Crippen molar-refractivity contribution in [2.24, 2.45) is 0 Å². The first-order valence-corrected chi connectivity index (χ1v) is 16.4. The fourth-order valence-electron chi connectivity index (χ4n) is 3.95. The number of hydrogen-bond donors (Lipinski definition) is 3. The van der Waals surface area contributed by atoms with Gasteiger partial charge in [-0.2, -0.15) is 0 Å². The highest BCUT2D eigenvalue weighted by molar-refractivity contribution is 7.91. The second-order valence-corrected chi connectivity index (χ2v) is 14.3. The van der Waals surface area contributed by atoms with Gasteiger partial charge in [0.05, 0.1) is 27.4 Å². The molecule has 0 spiro atoms. The molecule has 0 aliphatic carbocycles. The van der Waals surface area contributed by atoms with E-state index in [0.717, 1.165) is 32.5 Å². The third-order valence-electron chi connectivity index (χ3n) is 5.97. The van der Waals surface area contributed by atoms with Crippen LogP contribution in [-0.4, -0.2) is 40.4 Å². The zero-order chi connectivity index (χ0) is 27.5. The Morgan fingerprint density at radius 1 is 0.974 bits per heavy atom. The van der Waals surface area contributed by atoms with Gasteiger partial charge >= 0.3 is 0 Å². The van der Waals surface area contributed by atoms with Crippen molar-refractivity contribution >= 4 is 41.7 Å². The van der Waals surface area contributed by atoms with Gasteiger partial charge in [0, 0.05) is 61.0 Å². The van der Waals surface area contributed by atoms with E-state index in [4.69, 9.17) is 0 Å². The number of benzene rings is 2. The molecule has 0 fully saturated rings. The Labute approximate surface area is 232 Å². The minimum Gasteiger partial charge on any atom is -0.365 e. The molecule has 3 heterocycles. The van der Waals surface area contributed by atoms with E-state index in [0.29, 0.717) is 13.1 Å². The van der Waals surface area contributed by atoms with Crippen LogP contribution >= 0.6 is 11.3 Å². The van der Waals surface area contributed by atoms with Gasteiger partial charge in [0.15, 0.2) is 0 Å². The molecule has 0 bridgehead atoms. The minimum atomic E-state index is -3.59. The van der Waals surface area contributed by atoms with Crippen molar-refractivity contribution in [1.82, 2.24) is 15.6 Å². The Bertz CT molecular complexity index is 1690. The predicted molar refractivity (Wildman–Crippen MR) is 154 cm³/mol. The fraction of sp³-hybridized carbons (Fsp3) is 0.148. The molecule has 0 amide bonds. The maximum atomic E-state index is 12.9. The largest absolute Gasteiger partial charge is 0.365 e. The zero-order valence-electron chi connectivity index (χ0n) is 21.0. The summed E-state index contributed by atoms with van der Waals surface area (Å²) in [6, 6.07) is 15.1. The summed E-state index contributed by atoms with van der Waals surface area (Å²) in [5, 5.41) is 11.4. The Morgan fingerprint density at radius 3 is 2.46 bits per heavy atom. The van der Waals surface area contributed by atoms with Gasteiger partial charge in [0.2, 0.25) is 9.84 Å². The van der Waals surface area contributed by atoms with Crippen molar-refractivity contribution in [3.05, 3.63) is 114 Å². The van der Waals surface area contributed by atoms with Crippen LogP contribution in [0.5, 0.6) is 0 Å². The van der Waals surface area contributed by atoms with E-state index in [2.05, 4.69) is 20.9 Å². The van der Waals surface area contributed by atoms with Gasteiger partial charge in [-0.1, -0.05) is 29.5 Å². The summed E-state index contributed by atoms with van der Waals surface area (Å²) < 4.78 is 48.4. The number of thiazole rings is 1. The average Bonchev–Trinajstić information content (AvgIpc) is 3.40. The van der Waals surface area contributed by atoms with E-state index in [-0.39, 0.29) is 15.5 Å². The van der Waals surface area contributed by atoms with Crippen molar-refractivity contribution in [2.45, 2.75) is 16.3 Å². The lowest BCUT2D eigenvalue weighted by Crippen LogP contribution is -2.21. The minimum absolute atomic E-state index is 0.0863. The summed E-state index contributed by atoms with van der Waals surface area (Å²) in [5.41, 5.74) is 3.52. The number of dihydropyridines is 1. The van der Waals surface area contributed by atoms with Crippen molar-refractivity contribution in [3.8, 4) is 0 Å². The lowest BCUT2D eigenvalue weighted by atomic mass is 10.0. The summed E-state index contributed by atoms with van der Waals surface area (Å²) in [7, 11) is -6.59. The Hall–Kier alpha value is -3.71. The van der Waals surface area contributed by atoms with Crippen molar-refractivity contribution in [1.29, 1.82) is 0 Å². The highest BCUT2D eigenvalue weighted by Crippen LogP contribution is 2.33.